The van der Waals surface area contributed by atoms with E-state index in [4.69, 9.17) is 5.11 Å². The summed E-state index contributed by atoms with van der Waals surface area (Å²) in [5.74, 6) is -0.955. The molecule has 0 fully saturated rings. The molecule has 0 aliphatic rings. The molecular formula is C12H15NO4S. The highest BCUT2D eigenvalue weighted by atomic mass is 32.2. The van der Waals surface area contributed by atoms with E-state index in [1.807, 2.05) is 0 Å². The molecule has 0 unspecified atom stereocenters. The largest absolute Gasteiger partial charge is 0.480 e. The van der Waals surface area contributed by atoms with Gasteiger partial charge in [-0.15, -0.1) is 6.58 Å². The second-order valence-electron chi connectivity index (χ2n) is 3.83. The molecule has 5 nitrogen and oxygen atoms in total. The van der Waals surface area contributed by atoms with Crippen molar-refractivity contribution in [3.8, 4) is 0 Å². The van der Waals surface area contributed by atoms with E-state index in [2.05, 4.69) is 6.58 Å². The van der Waals surface area contributed by atoms with E-state index in [0.29, 0.717) is 12.2 Å². The minimum absolute atomic E-state index is 0.162. The van der Waals surface area contributed by atoms with Gasteiger partial charge < -0.3 is 10.0 Å². The third-order valence-corrected chi connectivity index (χ3v) is 3.43. The van der Waals surface area contributed by atoms with E-state index >= 15 is 0 Å². The van der Waals surface area contributed by atoms with Crippen LogP contribution in [0, 0.1) is 0 Å². The molecule has 1 rings (SSSR count). The minimum Gasteiger partial charge on any atom is -0.480 e. The molecule has 1 aromatic carbocycles. The fraction of sp³-hybridized carbons (Fsp3) is 0.250. The Labute approximate surface area is 106 Å². The van der Waals surface area contributed by atoms with Crippen LogP contribution in [0.15, 0.2) is 41.8 Å². The van der Waals surface area contributed by atoms with Crippen LogP contribution in [-0.4, -0.2) is 38.8 Å². The quantitative estimate of drug-likeness (QED) is 0.785. The number of nitrogens with zero attached hydrogens (tertiary/aromatic N) is 1. The monoisotopic (exact) mass is 269 g/mol. The molecule has 98 valence electrons. The molecule has 0 radical (unpaired) electrons. The average molecular weight is 269 g/mol. The van der Waals surface area contributed by atoms with Gasteiger partial charge in [0.05, 0.1) is 4.90 Å². The average Bonchev–Trinajstić information content (AvgIpc) is 2.27. The van der Waals surface area contributed by atoms with Gasteiger partial charge in [-0.05, 0) is 24.3 Å². The molecule has 0 aliphatic carbocycles. The number of rotatable bonds is 6. The van der Waals surface area contributed by atoms with Crippen LogP contribution in [0.1, 0.15) is 0 Å². The lowest BCUT2D eigenvalue weighted by Gasteiger charge is -2.21. The van der Waals surface area contributed by atoms with Crippen LogP contribution in [0.4, 0.5) is 5.69 Å². The third kappa shape index (κ3) is 3.89. The van der Waals surface area contributed by atoms with Crippen molar-refractivity contribution >= 4 is 21.5 Å². The van der Waals surface area contributed by atoms with Crippen LogP contribution in [0.5, 0.6) is 0 Å². The first-order valence-electron chi connectivity index (χ1n) is 5.22. The minimum atomic E-state index is -3.24. The van der Waals surface area contributed by atoms with Gasteiger partial charge in [-0.3, -0.25) is 4.79 Å². The lowest BCUT2D eigenvalue weighted by Crippen LogP contribution is -2.29. The summed E-state index contributed by atoms with van der Waals surface area (Å²) in [5, 5.41) is 8.78. The van der Waals surface area contributed by atoms with Crippen molar-refractivity contribution in [3.05, 3.63) is 36.9 Å². The normalized spacial score (nSPS) is 10.9. The SMILES string of the molecule is C=CCN(CC(=O)O)c1ccc(S(C)(=O)=O)cc1. The maximum atomic E-state index is 11.3. The van der Waals surface area contributed by atoms with Gasteiger partial charge in [-0.25, -0.2) is 8.42 Å². The standard InChI is InChI=1S/C12H15NO4S/c1-3-8-13(9-12(14)15)10-4-6-11(7-5-10)18(2,16)17/h3-7H,1,8-9H2,2H3,(H,14,15). The van der Waals surface area contributed by atoms with E-state index in [-0.39, 0.29) is 11.4 Å². The van der Waals surface area contributed by atoms with E-state index in [1.165, 1.54) is 12.1 Å². The van der Waals surface area contributed by atoms with Crippen LogP contribution in [0.25, 0.3) is 0 Å². The van der Waals surface area contributed by atoms with Crippen molar-refractivity contribution in [1.29, 1.82) is 0 Å². The number of sulfone groups is 1. The Morgan fingerprint density at radius 3 is 2.33 bits per heavy atom. The number of hydrogen-bond donors (Lipinski definition) is 1. The van der Waals surface area contributed by atoms with Crippen LogP contribution in [-0.2, 0) is 14.6 Å². The lowest BCUT2D eigenvalue weighted by atomic mass is 10.3. The van der Waals surface area contributed by atoms with Crippen molar-refractivity contribution in [3.63, 3.8) is 0 Å². The zero-order chi connectivity index (χ0) is 13.8. The van der Waals surface area contributed by atoms with Gasteiger partial charge in [0.1, 0.15) is 6.54 Å². The number of aliphatic carboxylic acids is 1. The molecule has 0 heterocycles. The van der Waals surface area contributed by atoms with Crippen molar-refractivity contribution in [2.45, 2.75) is 4.90 Å². The highest BCUT2D eigenvalue weighted by Crippen LogP contribution is 2.17. The van der Waals surface area contributed by atoms with Crippen LogP contribution in [0.2, 0.25) is 0 Å². The fourth-order valence-corrected chi connectivity index (χ4v) is 2.11. The van der Waals surface area contributed by atoms with E-state index in [1.54, 1.807) is 23.1 Å². The molecule has 0 aliphatic heterocycles. The van der Waals surface area contributed by atoms with Gasteiger partial charge in [0.25, 0.3) is 0 Å². The third-order valence-electron chi connectivity index (χ3n) is 2.31. The van der Waals surface area contributed by atoms with Crippen LogP contribution >= 0.6 is 0 Å². The number of carboxylic acid groups (broad SMARTS) is 1. The van der Waals surface area contributed by atoms with Crippen molar-refractivity contribution in [1.82, 2.24) is 0 Å². The zero-order valence-electron chi connectivity index (χ0n) is 10.0. The molecule has 0 amide bonds. The second-order valence-corrected chi connectivity index (χ2v) is 5.84. The van der Waals surface area contributed by atoms with Crippen molar-refractivity contribution in [2.75, 3.05) is 24.2 Å². The Bertz CT molecular complexity index is 534. The molecule has 0 spiro atoms. The molecule has 18 heavy (non-hydrogen) atoms. The van der Waals surface area contributed by atoms with E-state index in [0.717, 1.165) is 6.26 Å². The second kappa shape index (κ2) is 5.68. The zero-order valence-corrected chi connectivity index (χ0v) is 10.9. The molecule has 0 atom stereocenters. The molecule has 0 bridgehead atoms. The van der Waals surface area contributed by atoms with Gasteiger partial charge in [0.2, 0.25) is 0 Å². The number of anilines is 1. The lowest BCUT2D eigenvalue weighted by molar-refractivity contribution is -0.135. The van der Waals surface area contributed by atoms with Crippen molar-refractivity contribution < 1.29 is 18.3 Å². The van der Waals surface area contributed by atoms with E-state index < -0.39 is 15.8 Å². The van der Waals surface area contributed by atoms with Gasteiger partial charge in [0, 0.05) is 18.5 Å². The first-order valence-corrected chi connectivity index (χ1v) is 7.11. The summed E-state index contributed by atoms with van der Waals surface area (Å²) in [6.07, 6.45) is 2.72. The molecule has 1 N–H and O–H groups in total. The Morgan fingerprint density at radius 2 is 1.94 bits per heavy atom. The van der Waals surface area contributed by atoms with Crippen LogP contribution in [0.3, 0.4) is 0 Å². The highest BCUT2D eigenvalue weighted by molar-refractivity contribution is 7.90. The molecule has 6 heteroatoms. The summed E-state index contributed by atoms with van der Waals surface area (Å²) in [6.45, 7) is 3.78. The fourth-order valence-electron chi connectivity index (χ4n) is 1.48. The number of carboxylic acids is 1. The summed E-state index contributed by atoms with van der Waals surface area (Å²) < 4.78 is 22.6. The van der Waals surface area contributed by atoms with Crippen molar-refractivity contribution in [2.24, 2.45) is 0 Å². The smallest absolute Gasteiger partial charge is 0.323 e. The van der Waals surface area contributed by atoms with Gasteiger partial charge in [-0.1, -0.05) is 6.08 Å². The molecule has 1 aromatic rings. The summed E-state index contributed by atoms with van der Waals surface area (Å²) >= 11 is 0. The number of hydrogen-bond acceptors (Lipinski definition) is 4. The van der Waals surface area contributed by atoms with Crippen LogP contribution < -0.4 is 4.90 Å². The Balaban J connectivity index is 3.00. The maximum Gasteiger partial charge on any atom is 0.323 e. The van der Waals surface area contributed by atoms with Gasteiger partial charge in [0.15, 0.2) is 9.84 Å². The highest BCUT2D eigenvalue weighted by Gasteiger charge is 2.11. The number of carbonyl (C=O) groups is 1. The van der Waals surface area contributed by atoms with Gasteiger partial charge >= 0.3 is 5.97 Å². The Kier molecular flexibility index (Phi) is 4.49. The first kappa shape index (κ1) is 14.2. The topological polar surface area (TPSA) is 74.7 Å². The number of benzene rings is 1. The summed E-state index contributed by atoms with van der Waals surface area (Å²) in [7, 11) is -3.24. The summed E-state index contributed by atoms with van der Waals surface area (Å²) in [5.41, 5.74) is 0.643. The Morgan fingerprint density at radius 1 is 1.39 bits per heavy atom. The predicted molar refractivity (Wildman–Crippen MR) is 69.6 cm³/mol. The molecule has 0 saturated heterocycles. The Hall–Kier alpha value is -1.82. The molecule has 0 saturated carbocycles. The van der Waals surface area contributed by atoms with E-state index in [9.17, 15) is 13.2 Å². The molecule has 0 aromatic heterocycles. The molecular weight excluding hydrogens is 254 g/mol. The first-order chi connectivity index (χ1) is 8.34. The summed E-state index contributed by atoms with van der Waals surface area (Å²) in [6, 6.07) is 6.09. The maximum absolute atomic E-state index is 11.3. The predicted octanol–water partition coefficient (Wildman–Crippen LogP) is 1.17. The summed E-state index contributed by atoms with van der Waals surface area (Å²) in [4.78, 5) is 12.5. The van der Waals surface area contributed by atoms with Gasteiger partial charge in [-0.2, -0.15) is 0 Å².